The Hall–Kier alpha value is -2.50. The van der Waals surface area contributed by atoms with Crippen LogP contribution < -0.4 is 0 Å². The second-order valence-electron chi connectivity index (χ2n) is 4.91. The summed E-state index contributed by atoms with van der Waals surface area (Å²) < 4.78 is 31.1. The van der Waals surface area contributed by atoms with Gasteiger partial charge in [0.05, 0.1) is 18.0 Å². The van der Waals surface area contributed by atoms with E-state index >= 15 is 0 Å². The van der Waals surface area contributed by atoms with Crippen LogP contribution >= 0.6 is 0 Å². The zero-order valence-electron chi connectivity index (χ0n) is 13.3. The minimum absolute atomic E-state index is 0.0251. The number of nitriles is 1. The third kappa shape index (κ3) is 3.37. The van der Waals surface area contributed by atoms with E-state index in [0.29, 0.717) is 13.1 Å². The summed E-state index contributed by atoms with van der Waals surface area (Å²) in [4.78, 5) is 16.3. The molecule has 126 valence electrons. The Morgan fingerprint density at radius 2 is 2.04 bits per heavy atom. The molecule has 2 aromatic rings. The Bertz CT molecular complexity index is 832. The standard InChI is InChI=1S/C16H17N3O4S/c1-3-19(4-2)24(21,22)12-7-8-14(18-11-12)13(10-17)16(20)15-6-5-9-23-15/h5-9,11,13H,3-4H2,1-2H3. The predicted molar refractivity (Wildman–Crippen MR) is 85.7 cm³/mol. The van der Waals surface area contributed by atoms with Gasteiger partial charge in [-0.3, -0.25) is 9.78 Å². The number of ketones is 1. The van der Waals surface area contributed by atoms with Crippen LogP contribution in [0.15, 0.2) is 46.0 Å². The van der Waals surface area contributed by atoms with Crippen molar-refractivity contribution in [1.82, 2.24) is 9.29 Å². The third-order valence-electron chi connectivity index (χ3n) is 3.55. The van der Waals surface area contributed by atoms with Crippen LogP contribution in [0.3, 0.4) is 0 Å². The van der Waals surface area contributed by atoms with Crippen LogP contribution in [0.1, 0.15) is 36.0 Å². The van der Waals surface area contributed by atoms with Crippen LogP contribution in [0.2, 0.25) is 0 Å². The first-order valence-corrected chi connectivity index (χ1v) is 8.83. The molecule has 0 aliphatic rings. The van der Waals surface area contributed by atoms with Gasteiger partial charge in [-0.1, -0.05) is 13.8 Å². The monoisotopic (exact) mass is 347 g/mol. The van der Waals surface area contributed by atoms with Gasteiger partial charge >= 0.3 is 0 Å². The summed E-state index contributed by atoms with van der Waals surface area (Å²) in [6.07, 6.45) is 2.51. The molecule has 2 heterocycles. The lowest BCUT2D eigenvalue weighted by molar-refractivity contribution is 0.0950. The quantitative estimate of drug-likeness (QED) is 0.711. The van der Waals surface area contributed by atoms with E-state index in [2.05, 4.69) is 4.98 Å². The molecule has 0 bridgehead atoms. The van der Waals surface area contributed by atoms with Gasteiger partial charge in [-0.15, -0.1) is 0 Å². The molecule has 0 fully saturated rings. The molecule has 0 aliphatic carbocycles. The van der Waals surface area contributed by atoms with Crippen molar-refractivity contribution in [2.75, 3.05) is 13.1 Å². The van der Waals surface area contributed by atoms with Crippen LogP contribution in [-0.2, 0) is 10.0 Å². The minimum Gasteiger partial charge on any atom is -0.461 e. The van der Waals surface area contributed by atoms with Crippen molar-refractivity contribution in [3.05, 3.63) is 48.2 Å². The summed E-state index contributed by atoms with van der Waals surface area (Å²) in [7, 11) is -3.63. The van der Waals surface area contributed by atoms with Crippen molar-refractivity contribution >= 4 is 15.8 Å². The average molecular weight is 347 g/mol. The molecule has 0 radical (unpaired) electrons. The second-order valence-corrected chi connectivity index (χ2v) is 6.85. The van der Waals surface area contributed by atoms with E-state index < -0.39 is 21.7 Å². The highest BCUT2D eigenvalue weighted by Gasteiger charge is 2.27. The SMILES string of the molecule is CCN(CC)S(=O)(=O)c1ccc(C(C#N)C(=O)c2ccco2)nc1. The van der Waals surface area contributed by atoms with Crippen molar-refractivity contribution < 1.29 is 17.6 Å². The van der Waals surface area contributed by atoms with Gasteiger partial charge in [-0.05, 0) is 24.3 Å². The molecule has 0 aromatic carbocycles. The molecule has 0 saturated heterocycles. The molecule has 2 aromatic heterocycles. The predicted octanol–water partition coefficient (Wildman–Crippen LogP) is 2.20. The summed E-state index contributed by atoms with van der Waals surface area (Å²) >= 11 is 0. The maximum atomic E-state index is 12.4. The molecule has 2 rings (SSSR count). The summed E-state index contributed by atoms with van der Waals surface area (Å²) in [5, 5.41) is 9.26. The highest BCUT2D eigenvalue weighted by Crippen LogP contribution is 2.21. The van der Waals surface area contributed by atoms with Crippen molar-refractivity contribution in [2.24, 2.45) is 0 Å². The van der Waals surface area contributed by atoms with Crippen LogP contribution in [0.5, 0.6) is 0 Å². The highest BCUT2D eigenvalue weighted by molar-refractivity contribution is 7.89. The summed E-state index contributed by atoms with van der Waals surface area (Å²) in [5.74, 6) is -1.61. The van der Waals surface area contributed by atoms with E-state index in [4.69, 9.17) is 4.42 Å². The molecule has 0 amide bonds. The van der Waals surface area contributed by atoms with Gasteiger partial charge in [0.2, 0.25) is 15.8 Å². The Morgan fingerprint density at radius 1 is 1.33 bits per heavy atom. The average Bonchev–Trinajstić information content (AvgIpc) is 3.11. The largest absolute Gasteiger partial charge is 0.461 e. The maximum absolute atomic E-state index is 12.4. The number of rotatable bonds is 7. The second kappa shape index (κ2) is 7.38. The van der Waals surface area contributed by atoms with Crippen LogP contribution in [0.4, 0.5) is 0 Å². The first-order valence-electron chi connectivity index (χ1n) is 7.39. The van der Waals surface area contributed by atoms with Gasteiger partial charge in [-0.2, -0.15) is 9.57 Å². The number of nitrogens with zero attached hydrogens (tertiary/aromatic N) is 3. The van der Waals surface area contributed by atoms with Crippen molar-refractivity contribution in [2.45, 2.75) is 24.7 Å². The summed E-state index contributed by atoms with van der Waals surface area (Å²) in [5.41, 5.74) is 0.178. The zero-order chi connectivity index (χ0) is 17.7. The molecular weight excluding hydrogens is 330 g/mol. The number of Topliss-reactive ketones (excluding diaryl/α,β-unsaturated/α-hetero) is 1. The fourth-order valence-electron chi connectivity index (χ4n) is 2.25. The molecular formula is C16H17N3O4S. The number of carbonyl (C=O) groups excluding carboxylic acids is 1. The molecule has 0 spiro atoms. The topological polar surface area (TPSA) is 104 Å². The van der Waals surface area contributed by atoms with Crippen molar-refractivity contribution in [3.63, 3.8) is 0 Å². The number of carbonyl (C=O) groups is 1. The lowest BCUT2D eigenvalue weighted by Gasteiger charge is -2.18. The van der Waals surface area contributed by atoms with Gasteiger partial charge in [0, 0.05) is 19.3 Å². The van der Waals surface area contributed by atoms with Gasteiger partial charge in [0.1, 0.15) is 4.90 Å². The van der Waals surface area contributed by atoms with Crippen LogP contribution in [-0.4, -0.2) is 36.6 Å². The Labute approximate surface area is 140 Å². The first kappa shape index (κ1) is 17.8. The van der Waals surface area contributed by atoms with Gasteiger partial charge in [0.25, 0.3) is 0 Å². The van der Waals surface area contributed by atoms with E-state index in [0.717, 1.165) is 0 Å². The number of furan rings is 1. The Morgan fingerprint density at radius 3 is 2.50 bits per heavy atom. The van der Waals surface area contributed by atoms with Crippen molar-refractivity contribution in [1.29, 1.82) is 5.26 Å². The molecule has 8 heteroatoms. The Kier molecular flexibility index (Phi) is 5.49. The number of pyridine rings is 1. The molecule has 24 heavy (non-hydrogen) atoms. The molecule has 0 saturated carbocycles. The third-order valence-corrected chi connectivity index (χ3v) is 5.59. The number of aromatic nitrogens is 1. The lowest BCUT2D eigenvalue weighted by Crippen LogP contribution is -2.30. The number of hydrogen-bond donors (Lipinski definition) is 0. The van der Waals surface area contributed by atoms with E-state index in [1.165, 1.54) is 35.0 Å². The van der Waals surface area contributed by atoms with Gasteiger partial charge in [-0.25, -0.2) is 8.42 Å². The zero-order valence-corrected chi connectivity index (χ0v) is 14.2. The van der Waals surface area contributed by atoms with Gasteiger partial charge in [0.15, 0.2) is 11.7 Å². The van der Waals surface area contributed by atoms with E-state index in [-0.39, 0.29) is 16.3 Å². The fourth-order valence-corrected chi connectivity index (χ4v) is 3.65. The smallest absolute Gasteiger partial charge is 0.244 e. The van der Waals surface area contributed by atoms with Crippen LogP contribution in [0.25, 0.3) is 0 Å². The summed E-state index contributed by atoms with van der Waals surface area (Å²) in [6.45, 7) is 4.18. The normalized spacial score (nSPS) is 12.8. The molecule has 1 unspecified atom stereocenters. The minimum atomic E-state index is -3.63. The van der Waals surface area contributed by atoms with E-state index in [1.807, 2.05) is 6.07 Å². The Balaban J connectivity index is 2.32. The molecule has 0 aliphatic heterocycles. The molecule has 7 nitrogen and oxygen atoms in total. The van der Waals surface area contributed by atoms with Crippen LogP contribution in [0, 0.1) is 11.3 Å². The highest BCUT2D eigenvalue weighted by atomic mass is 32.2. The lowest BCUT2D eigenvalue weighted by atomic mass is 9.99. The molecule has 0 N–H and O–H groups in total. The molecule has 1 atom stereocenters. The van der Waals surface area contributed by atoms with E-state index in [1.54, 1.807) is 19.9 Å². The van der Waals surface area contributed by atoms with Crippen molar-refractivity contribution in [3.8, 4) is 6.07 Å². The number of hydrogen-bond acceptors (Lipinski definition) is 6. The first-order chi connectivity index (χ1) is 11.5. The maximum Gasteiger partial charge on any atom is 0.244 e. The number of sulfonamides is 1. The fraction of sp³-hybridized carbons (Fsp3) is 0.312. The van der Waals surface area contributed by atoms with E-state index in [9.17, 15) is 18.5 Å². The summed E-state index contributed by atoms with van der Waals surface area (Å²) in [6, 6.07) is 7.63. The van der Waals surface area contributed by atoms with Gasteiger partial charge < -0.3 is 4.42 Å².